The molecule has 1 aliphatic rings. The third-order valence-corrected chi connectivity index (χ3v) is 7.23. The van der Waals surface area contributed by atoms with Gasteiger partial charge in [0, 0.05) is 47.3 Å². The van der Waals surface area contributed by atoms with Crippen LogP contribution in [0.25, 0.3) is 21.0 Å². The fraction of sp³-hybridized carbons (Fsp3) is 0.250. The monoisotopic (exact) mass is 451 g/mol. The molecule has 31 heavy (non-hydrogen) atoms. The van der Waals surface area contributed by atoms with Crippen LogP contribution < -0.4 is 9.64 Å². The molecule has 4 aromatic rings. The summed E-state index contributed by atoms with van der Waals surface area (Å²) in [6.07, 6.45) is 0. The van der Waals surface area contributed by atoms with E-state index in [0.717, 1.165) is 51.1 Å². The van der Waals surface area contributed by atoms with E-state index in [-0.39, 0.29) is 5.91 Å². The van der Waals surface area contributed by atoms with Gasteiger partial charge in [0.15, 0.2) is 0 Å². The molecule has 158 valence electrons. The Morgan fingerprint density at radius 1 is 1.03 bits per heavy atom. The number of piperazine rings is 1. The summed E-state index contributed by atoms with van der Waals surface area (Å²) >= 11 is 7.95. The van der Waals surface area contributed by atoms with Gasteiger partial charge in [0.25, 0.3) is 5.91 Å². The largest absolute Gasteiger partial charge is 0.497 e. The molecule has 2 aromatic heterocycles. The number of anilines is 1. The van der Waals surface area contributed by atoms with Gasteiger partial charge in [-0.3, -0.25) is 4.79 Å². The van der Waals surface area contributed by atoms with Crippen molar-refractivity contribution in [3.63, 3.8) is 0 Å². The Kier molecular flexibility index (Phi) is 5.20. The first-order chi connectivity index (χ1) is 15.0. The summed E-state index contributed by atoms with van der Waals surface area (Å²) < 4.78 is 6.26. The highest BCUT2D eigenvalue weighted by Gasteiger charge is 2.24. The lowest BCUT2D eigenvalue weighted by molar-refractivity contribution is 0.0752. The standard InChI is InChI=1S/C24H22ClN3O2S/c1-15-3-8-20-18(13-15)22-19(23(25)26-20)14-21(31-22)24(29)28-11-9-27(10-12-28)16-4-6-17(30-2)7-5-16/h3-8,13-14H,9-12H2,1-2H3. The number of amides is 1. The van der Waals surface area contributed by atoms with Crippen molar-refractivity contribution in [3.05, 3.63) is 64.1 Å². The molecule has 5 rings (SSSR count). The SMILES string of the molecule is COc1ccc(N2CCN(C(=O)c3cc4c(Cl)nc5ccc(C)cc5c4s3)CC2)cc1. The quantitative estimate of drug-likeness (QED) is 0.392. The van der Waals surface area contributed by atoms with Crippen LogP contribution in [0.4, 0.5) is 5.69 Å². The summed E-state index contributed by atoms with van der Waals surface area (Å²) in [5.41, 5.74) is 3.17. The number of carbonyl (C=O) groups excluding carboxylic acids is 1. The molecular weight excluding hydrogens is 430 g/mol. The highest BCUT2D eigenvalue weighted by molar-refractivity contribution is 7.21. The van der Waals surface area contributed by atoms with Crippen molar-refractivity contribution in [2.75, 3.05) is 38.2 Å². The van der Waals surface area contributed by atoms with E-state index < -0.39 is 0 Å². The molecule has 1 aliphatic heterocycles. The van der Waals surface area contributed by atoms with Crippen LogP contribution in [0, 0.1) is 6.92 Å². The van der Waals surface area contributed by atoms with Crippen LogP contribution in [-0.4, -0.2) is 49.1 Å². The number of carbonyl (C=O) groups is 1. The van der Waals surface area contributed by atoms with Crippen LogP contribution in [0.15, 0.2) is 48.5 Å². The number of aryl methyl sites for hydroxylation is 1. The van der Waals surface area contributed by atoms with E-state index in [4.69, 9.17) is 16.3 Å². The molecular formula is C24H22ClN3O2S. The maximum atomic E-state index is 13.2. The van der Waals surface area contributed by atoms with Gasteiger partial charge in [0.1, 0.15) is 10.9 Å². The summed E-state index contributed by atoms with van der Waals surface area (Å²) in [7, 11) is 1.67. The van der Waals surface area contributed by atoms with Crippen LogP contribution in [0.2, 0.25) is 5.15 Å². The topological polar surface area (TPSA) is 45.7 Å². The van der Waals surface area contributed by atoms with Crippen molar-refractivity contribution >= 4 is 55.5 Å². The van der Waals surface area contributed by atoms with Crippen molar-refractivity contribution in [1.29, 1.82) is 0 Å². The zero-order chi connectivity index (χ0) is 21.5. The number of rotatable bonds is 3. The summed E-state index contributed by atoms with van der Waals surface area (Å²) in [4.78, 5) is 22.7. The fourth-order valence-corrected chi connectivity index (χ4v) is 5.51. The van der Waals surface area contributed by atoms with E-state index in [2.05, 4.69) is 35.0 Å². The molecule has 1 fully saturated rings. The zero-order valence-corrected chi connectivity index (χ0v) is 19.0. The fourth-order valence-electron chi connectivity index (χ4n) is 4.06. The second-order valence-electron chi connectivity index (χ2n) is 7.75. The number of nitrogens with zero attached hydrogens (tertiary/aromatic N) is 3. The molecule has 0 bridgehead atoms. The van der Waals surface area contributed by atoms with E-state index in [9.17, 15) is 4.79 Å². The maximum Gasteiger partial charge on any atom is 0.264 e. The van der Waals surface area contributed by atoms with E-state index in [1.165, 1.54) is 11.3 Å². The second-order valence-corrected chi connectivity index (χ2v) is 9.16. The number of hydrogen-bond donors (Lipinski definition) is 0. The Balaban J connectivity index is 1.37. The first-order valence-corrected chi connectivity index (χ1v) is 11.4. The Hall–Kier alpha value is -2.83. The van der Waals surface area contributed by atoms with Gasteiger partial charge in [-0.15, -0.1) is 11.3 Å². The molecule has 0 radical (unpaired) electrons. The van der Waals surface area contributed by atoms with Crippen LogP contribution in [0.1, 0.15) is 15.2 Å². The van der Waals surface area contributed by atoms with Crippen molar-refractivity contribution in [3.8, 4) is 5.75 Å². The normalized spacial score (nSPS) is 14.4. The molecule has 1 amide bonds. The zero-order valence-electron chi connectivity index (χ0n) is 17.4. The number of thiophene rings is 1. The third kappa shape index (κ3) is 3.70. The Labute approximate surface area is 189 Å². The molecule has 3 heterocycles. The number of methoxy groups -OCH3 is 1. The van der Waals surface area contributed by atoms with Gasteiger partial charge in [0.05, 0.1) is 17.5 Å². The Morgan fingerprint density at radius 2 is 1.77 bits per heavy atom. The smallest absolute Gasteiger partial charge is 0.264 e. The molecule has 7 heteroatoms. The molecule has 0 atom stereocenters. The second kappa shape index (κ2) is 8.02. The van der Waals surface area contributed by atoms with Gasteiger partial charge in [-0.25, -0.2) is 4.98 Å². The number of aromatic nitrogens is 1. The third-order valence-electron chi connectivity index (χ3n) is 5.78. The minimum Gasteiger partial charge on any atom is -0.497 e. The van der Waals surface area contributed by atoms with Gasteiger partial charge >= 0.3 is 0 Å². The minimum absolute atomic E-state index is 0.0625. The average Bonchev–Trinajstić information content (AvgIpc) is 3.26. The lowest BCUT2D eigenvalue weighted by atomic mass is 10.1. The Bertz CT molecular complexity index is 1280. The number of benzene rings is 2. The molecule has 0 N–H and O–H groups in total. The number of pyridine rings is 1. The lowest BCUT2D eigenvalue weighted by Gasteiger charge is -2.36. The number of hydrogen-bond acceptors (Lipinski definition) is 5. The highest BCUT2D eigenvalue weighted by atomic mass is 35.5. The molecule has 0 saturated carbocycles. The van der Waals surface area contributed by atoms with Crippen LogP contribution in [0.5, 0.6) is 5.75 Å². The van der Waals surface area contributed by atoms with Crippen molar-refractivity contribution < 1.29 is 9.53 Å². The molecule has 5 nitrogen and oxygen atoms in total. The molecule has 0 aliphatic carbocycles. The van der Waals surface area contributed by atoms with Gasteiger partial charge in [-0.05, 0) is 49.4 Å². The van der Waals surface area contributed by atoms with E-state index in [1.54, 1.807) is 7.11 Å². The number of ether oxygens (including phenoxy) is 1. The summed E-state index contributed by atoms with van der Waals surface area (Å²) in [6, 6.07) is 16.1. The molecule has 0 unspecified atom stereocenters. The Morgan fingerprint density at radius 3 is 2.48 bits per heavy atom. The lowest BCUT2D eigenvalue weighted by Crippen LogP contribution is -2.48. The van der Waals surface area contributed by atoms with Crippen LogP contribution in [-0.2, 0) is 0 Å². The van der Waals surface area contributed by atoms with Crippen molar-refractivity contribution in [2.45, 2.75) is 6.92 Å². The molecule has 2 aromatic carbocycles. The van der Waals surface area contributed by atoms with Gasteiger partial charge in [-0.1, -0.05) is 23.2 Å². The summed E-state index contributed by atoms with van der Waals surface area (Å²) in [5.74, 6) is 0.908. The predicted molar refractivity (Wildman–Crippen MR) is 128 cm³/mol. The molecule has 1 saturated heterocycles. The van der Waals surface area contributed by atoms with E-state index in [0.29, 0.717) is 23.1 Å². The number of halogens is 1. The van der Waals surface area contributed by atoms with E-state index >= 15 is 0 Å². The van der Waals surface area contributed by atoms with Crippen LogP contribution >= 0.6 is 22.9 Å². The molecule has 0 spiro atoms. The maximum absolute atomic E-state index is 13.2. The summed E-state index contributed by atoms with van der Waals surface area (Å²) in [5, 5.41) is 2.35. The average molecular weight is 452 g/mol. The summed E-state index contributed by atoms with van der Waals surface area (Å²) in [6.45, 7) is 5.03. The van der Waals surface area contributed by atoms with Crippen molar-refractivity contribution in [2.24, 2.45) is 0 Å². The predicted octanol–water partition coefficient (Wildman–Crippen LogP) is 5.38. The number of fused-ring (bicyclic) bond motifs is 3. The van der Waals surface area contributed by atoms with Gasteiger partial charge < -0.3 is 14.5 Å². The van der Waals surface area contributed by atoms with Crippen molar-refractivity contribution in [1.82, 2.24) is 9.88 Å². The first-order valence-electron chi connectivity index (χ1n) is 10.2. The van der Waals surface area contributed by atoms with Gasteiger partial charge in [-0.2, -0.15) is 0 Å². The highest BCUT2D eigenvalue weighted by Crippen LogP contribution is 2.36. The minimum atomic E-state index is 0.0625. The first kappa shape index (κ1) is 20.1. The van der Waals surface area contributed by atoms with Gasteiger partial charge in [0.2, 0.25) is 0 Å². The van der Waals surface area contributed by atoms with Crippen LogP contribution in [0.3, 0.4) is 0 Å². The van der Waals surface area contributed by atoms with E-state index in [1.807, 2.05) is 35.2 Å².